The Bertz CT molecular complexity index is 571. The molecule has 4 nitrogen and oxygen atoms in total. The van der Waals surface area contributed by atoms with E-state index in [1.54, 1.807) is 0 Å². The highest BCUT2D eigenvalue weighted by molar-refractivity contribution is 7.89. The summed E-state index contributed by atoms with van der Waals surface area (Å²) in [5, 5.41) is 3.58. The molecule has 1 fully saturated rings. The molecule has 0 aromatic heterocycles. The second kappa shape index (κ2) is 7.01. The number of nitrogens with one attached hydrogen (secondary N) is 1. The van der Waals surface area contributed by atoms with Gasteiger partial charge in [0.2, 0.25) is 10.0 Å². The molecule has 0 aliphatic carbocycles. The van der Waals surface area contributed by atoms with Gasteiger partial charge in [0.05, 0.1) is 10.0 Å². The largest absolute Gasteiger partial charge is 0.312 e. The van der Waals surface area contributed by atoms with Crippen LogP contribution in [0.5, 0.6) is 0 Å². The normalized spacial score (nSPS) is 20.5. The van der Waals surface area contributed by atoms with Gasteiger partial charge in [0, 0.05) is 30.7 Å². The summed E-state index contributed by atoms with van der Waals surface area (Å²) < 4.78 is 26.5. The van der Waals surface area contributed by atoms with Crippen molar-refractivity contribution in [1.29, 1.82) is 0 Å². The highest BCUT2D eigenvalue weighted by Gasteiger charge is 2.32. The van der Waals surface area contributed by atoms with Gasteiger partial charge in [0.15, 0.2) is 0 Å². The van der Waals surface area contributed by atoms with E-state index in [1.807, 2.05) is 6.92 Å². The van der Waals surface area contributed by atoms with Gasteiger partial charge in [-0.25, -0.2) is 8.42 Å². The Balaban J connectivity index is 0.00000200. The monoisotopic (exact) mass is 378 g/mol. The fourth-order valence-corrected chi connectivity index (χ4v) is 5.04. The van der Waals surface area contributed by atoms with Gasteiger partial charge >= 0.3 is 0 Å². The van der Waals surface area contributed by atoms with Crippen molar-refractivity contribution in [2.45, 2.75) is 17.9 Å². The molecule has 1 aromatic rings. The highest BCUT2D eigenvalue weighted by atomic mass is 35.5. The molecule has 1 aliphatic rings. The van der Waals surface area contributed by atoms with E-state index in [0.717, 1.165) is 0 Å². The Morgan fingerprint density at radius 3 is 2.30 bits per heavy atom. The third kappa shape index (κ3) is 3.71. The molecule has 1 N–H and O–H groups in total. The lowest BCUT2D eigenvalue weighted by Crippen LogP contribution is -2.51. The molecule has 9 heteroatoms. The molecule has 1 atom stereocenters. The molecule has 20 heavy (non-hydrogen) atoms. The van der Waals surface area contributed by atoms with Crippen LogP contribution in [0.15, 0.2) is 17.0 Å². The van der Waals surface area contributed by atoms with E-state index in [1.165, 1.54) is 16.4 Å². The molecule has 0 bridgehead atoms. The van der Waals surface area contributed by atoms with E-state index in [0.29, 0.717) is 24.7 Å². The zero-order chi connectivity index (χ0) is 14.2. The molecule has 0 saturated carbocycles. The van der Waals surface area contributed by atoms with Gasteiger partial charge < -0.3 is 5.32 Å². The van der Waals surface area contributed by atoms with Crippen LogP contribution in [0.3, 0.4) is 0 Å². The molecule has 114 valence electrons. The summed E-state index contributed by atoms with van der Waals surface area (Å²) >= 11 is 17.8. The van der Waals surface area contributed by atoms with E-state index in [2.05, 4.69) is 5.32 Å². The van der Waals surface area contributed by atoms with Crippen LogP contribution in [0.25, 0.3) is 0 Å². The van der Waals surface area contributed by atoms with E-state index >= 15 is 0 Å². The zero-order valence-corrected chi connectivity index (χ0v) is 14.5. The van der Waals surface area contributed by atoms with E-state index in [9.17, 15) is 8.42 Å². The number of hydrogen-bond acceptors (Lipinski definition) is 3. The van der Waals surface area contributed by atoms with Gasteiger partial charge in [-0.1, -0.05) is 34.8 Å². The molecular formula is C11H14Cl4N2O2S. The second-order valence-corrected chi connectivity index (χ2v) is 7.54. The molecule has 0 spiro atoms. The maximum absolute atomic E-state index is 12.6. The maximum Gasteiger partial charge on any atom is 0.246 e. The van der Waals surface area contributed by atoms with Crippen LogP contribution in [0.4, 0.5) is 0 Å². The van der Waals surface area contributed by atoms with Crippen LogP contribution in [0.2, 0.25) is 15.1 Å². The summed E-state index contributed by atoms with van der Waals surface area (Å²) in [6.45, 7) is 3.30. The van der Waals surface area contributed by atoms with Crippen molar-refractivity contribution in [1.82, 2.24) is 9.62 Å². The molecular weight excluding hydrogens is 366 g/mol. The molecule has 1 aromatic carbocycles. The number of rotatable bonds is 2. The fourth-order valence-electron chi connectivity index (χ4n) is 2.02. The van der Waals surface area contributed by atoms with Crippen molar-refractivity contribution < 1.29 is 8.42 Å². The Morgan fingerprint density at radius 2 is 1.80 bits per heavy atom. The van der Waals surface area contributed by atoms with Crippen molar-refractivity contribution in [2.75, 3.05) is 19.6 Å². The minimum absolute atomic E-state index is 0. The van der Waals surface area contributed by atoms with E-state index < -0.39 is 10.0 Å². The summed E-state index contributed by atoms with van der Waals surface area (Å²) in [6, 6.07) is 2.86. The first-order valence-electron chi connectivity index (χ1n) is 5.70. The summed E-state index contributed by atoms with van der Waals surface area (Å²) in [5.74, 6) is 0. The summed E-state index contributed by atoms with van der Waals surface area (Å²) in [7, 11) is -3.70. The third-order valence-electron chi connectivity index (χ3n) is 2.89. The lowest BCUT2D eigenvalue weighted by molar-refractivity contribution is 0.310. The fraction of sp³-hybridized carbons (Fsp3) is 0.455. The predicted molar refractivity (Wildman–Crippen MR) is 84.9 cm³/mol. The van der Waals surface area contributed by atoms with Gasteiger partial charge in [-0.3, -0.25) is 0 Å². The molecule has 0 unspecified atom stereocenters. The number of piperazine rings is 1. The molecule has 2 rings (SSSR count). The van der Waals surface area contributed by atoms with Crippen LogP contribution < -0.4 is 5.32 Å². The van der Waals surface area contributed by atoms with Crippen molar-refractivity contribution in [3.63, 3.8) is 0 Å². The molecule has 0 amide bonds. The smallest absolute Gasteiger partial charge is 0.246 e. The number of sulfonamides is 1. The van der Waals surface area contributed by atoms with Crippen LogP contribution in [-0.4, -0.2) is 38.4 Å². The molecule has 0 radical (unpaired) electrons. The van der Waals surface area contributed by atoms with Crippen LogP contribution >= 0.6 is 47.2 Å². The molecule has 1 saturated heterocycles. The Hall–Kier alpha value is 0.250. The lowest BCUT2D eigenvalue weighted by Gasteiger charge is -2.31. The van der Waals surface area contributed by atoms with Crippen molar-refractivity contribution >= 4 is 57.2 Å². The first kappa shape index (κ1) is 18.3. The van der Waals surface area contributed by atoms with Crippen LogP contribution in [0.1, 0.15) is 6.92 Å². The van der Waals surface area contributed by atoms with E-state index in [-0.39, 0.29) is 33.4 Å². The number of hydrogen-bond donors (Lipinski definition) is 1. The van der Waals surface area contributed by atoms with Crippen molar-refractivity contribution in [2.24, 2.45) is 0 Å². The molecule has 1 heterocycles. The number of benzene rings is 1. The summed E-state index contributed by atoms with van der Waals surface area (Å²) in [5.41, 5.74) is 0. The summed E-state index contributed by atoms with van der Waals surface area (Å²) in [4.78, 5) is -0.0747. The first-order chi connectivity index (χ1) is 8.82. The first-order valence-corrected chi connectivity index (χ1v) is 8.28. The standard InChI is InChI=1S/C11H13Cl3N2O2S.ClH/c1-7-6-16(3-2-15-7)19(17,18)11-9(13)4-8(12)5-10(11)14;/h4-5,7,15H,2-3,6H2,1H3;1H/t7-;/m0./s1. The highest BCUT2D eigenvalue weighted by Crippen LogP contribution is 2.34. The third-order valence-corrected chi connectivity index (χ3v) is 5.90. The van der Waals surface area contributed by atoms with Crippen molar-refractivity contribution in [3.8, 4) is 0 Å². The number of nitrogens with zero attached hydrogens (tertiary/aromatic N) is 1. The predicted octanol–water partition coefficient (Wildman–Crippen LogP) is 3.05. The maximum atomic E-state index is 12.6. The number of halogens is 4. The SMILES string of the molecule is C[C@H]1CN(S(=O)(=O)c2c(Cl)cc(Cl)cc2Cl)CCN1.Cl. The second-order valence-electron chi connectivity index (χ2n) is 4.42. The van der Waals surface area contributed by atoms with E-state index in [4.69, 9.17) is 34.8 Å². The lowest BCUT2D eigenvalue weighted by atomic mass is 10.3. The topological polar surface area (TPSA) is 49.4 Å². The average Bonchev–Trinajstić information content (AvgIpc) is 2.26. The van der Waals surface area contributed by atoms with Crippen LogP contribution in [0, 0.1) is 0 Å². The zero-order valence-electron chi connectivity index (χ0n) is 10.6. The minimum atomic E-state index is -3.70. The van der Waals surface area contributed by atoms with Crippen LogP contribution in [-0.2, 0) is 10.0 Å². The van der Waals surface area contributed by atoms with Gasteiger partial charge in [-0.15, -0.1) is 12.4 Å². The van der Waals surface area contributed by atoms with Crippen molar-refractivity contribution in [3.05, 3.63) is 27.2 Å². The van der Waals surface area contributed by atoms with Gasteiger partial charge in [0.25, 0.3) is 0 Å². The minimum Gasteiger partial charge on any atom is -0.312 e. The Morgan fingerprint density at radius 1 is 1.25 bits per heavy atom. The van der Waals surface area contributed by atoms with Gasteiger partial charge in [-0.05, 0) is 19.1 Å². The summed E-state index contributed by atoms with van der Waals surface area (Å²) in [6.07, 6.45) is 0. The Labute approximate surface area is 139 Å². The van der Waals surface area contributed by atoms with Gasteiger partial charge in [-0.2, -0.15) is 4.31 Å². The Kier molecular flexibility index (Phi) is 6.41. The van der Waals surface area contributed by atoms with Gasteiger partial charge in [0.1, 0.15) is 4.90 Å². The average molecular weight is 380 g/mol. The molecule has 1 aliphatic heterocycles. The quantitative estimate of drug-likeness (QED) is 0.858.